The largest absolute Gasteiger partial charge is 0.349 e. The van der Waals surface area contributed by atoms with E-state index in [2.05, 4.69) is 25.0 Å². The third kappa shape index (κ3) is 2.69. The molecule has 1 aliphatic rings. The van der Waals surface area contributed by atoms with Crippen LogP contribution in [0.4, 0.5) is 14.6 Å². The highest BCUT2D eigenvalue weighted by molar-refractivity contribution is 5.87. The quantitative estimate of drug-likeness (QED) is 0.689. The van der Waals surface area contributed by atoms with Crippen molar-refractivity contribution in [3.05, 3.63) is 39.1 Å². The molecule has 0 spiro atoms. The number of anilines is 1. The minimum atomic E-state index is -2.87. The summed E-state index contributed by atoms with van der Waals surface area (Å²) in [6.07, 6.45) is 2.72. The van der Waals surface area contributed by atoms with Gasteiger partial charge in [0.1, 0.15) is 17.3 Å². The lowest BCUT2D eigenvalue weighted by Gasteiger charge is -2.24. The van der Waals surface area contributed by atoms with Crippen molar-refractivity contribution in [1.29, 1.82) is 0 Å². The van der Waals surface area contributed by atoms with Crippen molar-refractivity contribution in [1.82, 2.24) is 29.7 Å². The molecule has 4 rings (SSSR count). The Balaban J connectivity index is 1.87. The lowest BCUT2D eigenvalue weighted by atomic mass is 9.89. The molecule has 9 nitrogen and oxygen atoms in total. The predicted molar refractivity (Wildman–Crippen MR) is 93.6 cm³/mol. The number of H-pyrrole nitrogens is 2. The summed E-state index contributed by atoms with van der Waals surface area (Å²) in [5.74, 6) is -2.15. The Morgan fingerprint density at radius 3 is 2.56 bits per heavy atom. The van der Waals surface area contributed by atoms with Crippen LogP contribution in [0.25, 0.3) is 16.7 Å². The Morgan fingerprint density at radius 2 is 1.93 bits per heavy atom. The fraction of sp³-hybridized carbons (Fsp3) is 0.438. The van der Waals surface area contributed by atoms with Crippen LogP contribution >= 0.6 is 0 Å². The summed E-state index contributed by atoms with van der Waals surface area (Å²) in [5.41, 5.74) is -2.13. The van der Waals surface area contributed by atoms with Gasteiger partial charge in [-0.15, -0.1) is 5.10 Å². The van der Waals surface area contributed by atoms with Crippen LogP contribution < -0.4 is 16.1 Å². The van der Waals surface area contributed by atoms with Crippen molar-refractivity contribution in [3.63, 3.8) is 0 Å². The van der Waals surface area contributed by atoms with E-state index < -0.39 is 29.1 Å². The molecule has 0 saturated carbocycles. The van der Waals surface area contributed by atoms with E-state index in [9.17, 15) is 18.4 Å². The first-order valence-electron chi connectivity index (χ1n) is 8.27. The first-order valence-corrected chi connectivity index (χ1v) is 8.27. The molecule has 2 N–H and O–H groups in total. The van der Waals surface area contributed by atoms with Gasteiger partial charge >= 0.3 is 5.69 Å². The Labute approximate surface area is 151 Å². The van der Waals surface area contributed by atoms with Crippen LogP contribution in [0.5, 0.6) is 0 Å². The zero-order valence-corrected chi connectivity index (χ0v) is 14.9. The molecule has 0 unspecified atom stereocenters. The Bertz CT molecular complexity index is 1150. The van der Waals surface area contributed by atoms with Crippen molar-refractivity contribution in [2.45, 2.75) is 26.7 Å². The molecule has 0 amide bonds. The number of aryl methyl sites for hydroxylation is 1. The van der Waals surface area contributed by atoms with Crippen LogP contribution in [-0.2, 0) is 0 Å². The normalized spacial score (nSPS) is 18.3. The number of halogens is 2. The summed E-state index contributed by atoms with van der Waals surface area (Å²) in [6.45, 7) is 4.34. The van der Waals surface area contributed by atoms with Gasteiger partial charge in [-0.05, 0) is 6.92 Å². The van der Waals surface area contributed by atoms with Gasteiger partial charge in [0.2, 0.25) is 0 Å². The van der Waals surface area contributed by atoms with Crippen LogP contribution in [0.1, 0.15) is 19.7 Å². The van der Waals surface area contributed by atoms with Gasteiger partial charge in [0.25, 0.3) is 11.5 Å². The molecule has 0 atom stereocenters. The third-order valence-electron chi connectivity index (χ3n) is 4.78. The summed E-state index contributed by atoms with van der Waals surface area (Å²) >= 11 is 0. The summed E-state index contributed by atoms with van der Waals surface area (Å²) in [5, 5.41) is 4.69. The Kier molecular flexibility index (Phi) is 3.49. The van der Waals surface area contributed by atoms with Crippen molar-refractivity contribution >= 4 is 16.9 Å². The summed E-state index contributed by atoms with van der Waals surface area (Å²) in [7, 11) is 0. The average Bonchev–Trinajstić information content (AvgIpc) is 3.04. The molecule has 3 aromatic rings. The van der Waals surface area contributed by atoms with Gasteiger partial charge in [0.15, 0.2) is 5.65 Å². The predicted octanol–water partition coefficient (Wildman–Crippen LogP) is 0.982. The lowest BCUT2D eigenvalue weighted by Crippen LogP contribution is -2.34. The summed E-state index contributed by atoms with van der Waals surface area (Å²) < 4.78 is 29.9. The van der Waals surface area contributed by atoms with E-state index in [1.807, 2.05) is 0 Å². The standard InChI is InChI=1S/C16H17F2N7O2/c1-8-20-11-9(5-25(23-11)10-4-19-14(27)22-13(10)26)12(21-8)24-6-15(2,3)16(17,18)7-24/h4-5H,6-7H2,1-3H3,(H2,19,22,26,27). The van der Waals surface area contributed by atoms with Crippen molar-refractivity contribution in [2.75, 3.05) is 18.0 Å². The van der Waals surface area contributed by atoms with E-state index in [-0.39, 0.29) is 17.9 Å². The molecule has 142 valence electrons. The monoisotopic (exact) mass is 377 g/mol. The van der Waals surface area contributed by atoms with Gasteiger partial charge in [0.05, 0.1) is 11.9 Å². The molecule has 11 heteroatoms. The smallest absolute Gasteiger partial charge is 0.325 e. The maximum Gasteiger partial charge on any atom is 0.325 e. The van der Waals surface area contributed by atoms with E-state index in [0.29, 0.717) is 17.0 Å². The second-order valence-electron chi connectivity index (χ2n) is 7.31. The van der Waals surface area contributed by atoms with Gasteiger partial charge in [-0.2, -0.15) is 0 Å². The average molecular weight is 377 g/mol. The first kappa shape index (κ1) is 17.3. The highest BCUT2D eigenvalue weighted by atomic mass is 19.3. The van der Waals surface area contributed by atoms with Gasteiger partial charge in [-0.1, -0.05) is 13.8 Å². The minimum Gasteiger partial charge on any atom is -0.349 e. The van der Waals surface area contributed by atoms with Crippen molar-refractivity contribution < 1.29 is 8.78 Å². The number of aromatic amines is 2. The molecule has 4 heterocycles. The number of nitrogens with one attached hydrogen (secondary N) is 2. The molecular weight excluding hydrogens is 360 g/mol. The highest BCUT2D eigenvalue weighted by Crippen LogP contribution is 2.45. The van der Waals surface area contributed by atoms with Gasteiger partial charge < -0.3 is 9.88 Å². The number of aromatic nitrogens is 6. The van der Waals surface area contributed by atoms with E-state index in [4.69, 9.17) is 0 Å². The minimum absolute atomic E-state index is 0.0725. The summed E-state index contributed by atoms with van der Waals surface area (Å²) in [4.78, 5) is 37.8. The molecule has 0 radical (unpaired) electrons. The highest BCUT2D eigenvalue weighted by Gasteiger charge is 2.54. The molecule has 3 aromatic heterocycles. The van der Waals surface area contributed by atoms with E-state index in [0.717, 1.165) is 0 Å². The van der Waals surface area contributed by atoms with Crippen molar-refractivity contribution in [3.8, 4) is 5.69 Å². The Hall–Kier alpha value is -3.11. The van der Waals surface area contributed by atoms with Crippen LogP contribution in [0, 0.1) is 12.3 Å². The van der Waals surface area contributed by atoms with Crippen LogP contribution in [0.15, 0.2) is 22.0 Å². The zero-order valence-electron chi connectivity index (χ0n) is 14.9. The van der Waals surface area contributed by atoms with Crippen LogP contribution in [-0.4, -0.2) is 48.7 Å². The third-order valence-corrected chi connectivity index (χ3v) is 4.78. The fourth-order valence-corrected chi connectivity index (χ4v) is 3.19. The first-order chi connectivity index (χ1) is 12.6. The maximum absolute atomic E-state index is 14.3. The Morgan fingerprint density at radius 1 is 1.19 bits per heavy atom. The molecule has 1 aliphatic heterocycles. The van der Waals surface area contributed by atoms with E-state index in [1.54, 1.807) is 6.92 Å². The second kappa shape index (κ2) is 5.44. The number of hydrogen-bond acceptors (Lipinski definition) is 6. The molecule has 27 heavy (non-hydrogen) atoms. The maximum atomic E-state index is 14.3. The lowest BCUT2D eigenvalue weighted by molar-refractivity contribution is -0.0642. The second-order valence-corrected chi connectivity index (χ2v) is 7.31. The molecule has 0 aromatic carbocycles. The van der Waals surface area contributed by atoms with E-state index in [1.165, 1.54) is 35.8 Å². The number of rotatable bonds is 2. The van der Waals surface area contributed by atoms with Gasteiger partial charge in [-0.3, -0.25) is 9.78 Å². The number of nitrogens with zero attached hydrogens (tertiary/aromatic N) is 5. The SMILES string of the molecule is Cc1nc(N2CC(C)(C)C(F)(F)C2)c2cn(-c3c[nH]c(=O)[nH]c3=O)nc2n1. The topological polar surface area (TPSA) is 113 Å². The molecular formula is C16H17F2N7O2. The molecule has 0 aliphatic carbocycles. The summed E-state index contributed by atoms with van der Waals surface area (Å²) in [6, 6.07) is 0. The number of hydrogen-bond donors (Lipinski definition) is 2. The van der Waals surface area contributed by atoms with Crippen molar-refractivity contribution in [2.24, 2.45) is 5.41 Å². The molecule has 0 bridgehead atoms. The number of fused-ring (bicyclic) bond motifs is 1. The van der Waals surface area contributed by atoms with E-state index >= 15 is 0 Å². The zero-order chi connectivity index (χ0) is 19.6. The fourth-order valence-electron chi connectivity index (χ4n) is 3.19. The van der Waals surface area contributed by atoms with Gasteiger partial charge in [-0.25, -0.2) is 28.2 Å². The molecule has 1 saturated heterocycles. The van der Waals surface area contributed by atoms with Gasteiger partial charge in [0, 0.05) is 24.4 Å². The number of alkyl halides is 2. The van der Waals surface area contributed by atoms with Crippen LogP contribution in [0.2, 0.25) is 0 Å². The van der Waals surface area contributed by atoms with Crippen LogP contribution in [0.3, 0.4) is 0 Å². The molecule has 1 fully saturated rings.